The number of nitrogens with zero attached hydrogens (tertiary/aromatic N) is 1. The van der Waals surface area contributed by atoms with Crippen LogP contribution in [0.5, 0.6) is 0 Å². The van der Waals surface area contributed by atoms with Gasteiger partial charge < -0.3 is 14.4 Å². The fourth-order valence-corrected chi connectivity index (χ4v) is 3.15. The van der Waals surface area contributed by atoms with E-state index in [9.17, 15) is 19.5 Å². The third kappa shape index (κ3) is 6.30. The molecule has 3 rings (SSSR count). The maximum atomic E-state index is 12.4. The van der Waals surface area contributed by atoms with Gasteiger partial charge >= 0.3 is 11.9 Å². The van der Waals surface area contributed by atoms with Gasteiger partial charge in [0.2, 0.25) is 5.76 Å². The van der Waals surface area contributed by atoms with Crippen molar-refractivity contribution in [3.63, 3.8) is 0 Å². The molecule has 2 aromatic carbocycles. The number of esters is 1. The molecule has 1 atom stereocenters. The average Bonchev–Trinajstić information content (AvgIpc) is 3.21. The van der Waals surface area contributed by atoms with Crippen LogP contribution < -0.4 is 11.0 Å². The van der Waals surface area contributed by atoms with Crippen molar-refractivity contribution >= 4 is 23.5 Å². The molecular formula is C22H22ClN3O6. The van der Waals surface area contributed by atoms with Gasteiger partial charge in [0, 0.05) is 11.6 Å². The normalized spacial score (nSPS) is 11.9. The van der Waals surface area contributed by atoms with Crippen LogP contribution in [0.3, 0.4) is 0 Å². The number of benzene rings is 2. The zero-order chi connectivity index (χ0) is 23.1. The van der Waals surface area contributed by atoms with Gasteiger partial charge in [-0.25, -0.2) is 9.80 Å². The Hall–Kier alpha value is -3.40. The first kappa shape index (κ1) is 23.3. The predicted octanol–water partition coefficient (Wildman–Crippen LogP) is 2.36. The number of rotatable bonds is 9. The highest BCUT2D eigenvalue weighted by atomic mass is 35.5. The van der Waals surface area contributed by atoms with Gasteiger partial charge in [-0.3, -0.25) is 15.0 Å². The van der Waals surface area contributed by atoms with Crippen LogP contribution in [0.4, 0.5) is 0 Å². The Balaban J connectivity index is 1.75. The van der Waals surface area contributed by atoms with Crippen LogP contribution in [-0.4, -0.2) is 46.4 Å². The first-order chi connectivity index (χ1) is 15.4. The highest BCUT2D eigenvalue weighted by Gasteiger charge is 2.23. The standard InChI is InChI=1S/C22H22ClN3O6/c1-2-31-22(30)18(27)13-26(24-21(29)19-11-20(28)25-32-19)12-14-6-8-15(9-7-14)16-4-3-5-17(23)10-16/h3-11,18,27H,2,12-13H2,1H3,(H,24,29)(H,25,28)/t18-/m1/s1. The Kier molecular flexibility index (Phi) is 7.82. The first-order valence-corrected chi connectivity index (χ1v) is 10.2. The fraction of sp³-hybridized carbons (Fsp3) is 0.227. The molecule has 0 fully saturated rings. The quantitative estimate of drug-likeness (QED) is 0.331. The van der Waals surface area contributed by atoms with Gasteiger partial charge in [-0.2, -0.15) is 5.16 Å². The number of hydrogen-bond acceptors (Lipinski definition) is 7. The Morgan fingerprint density at radius 3 is 2.56 bits per heavy atom. The van der Waals surface area contributed by atoms with E-state index in [-0.39, 0.29) is 25.5 Å². The first-order valence-electron chi connectivity index (χ1n) is 9.79. The second-order valence-electron chi connectivity index (χ2n) is 6.87. The number of carbonyl (C=O) groups is 2. The molecule has 10 heteroatoms. The van der Waals surface area contributed by atoms with E-state index >= 15 is 0 Å². The van der Waals surface area contributed by atoms with E-state index in [1.807, 2.05) is 47.6 Å². The Labute approximate surface area is 188 Å². The number of aliphatic hydroxyl groups excluding tert-OH is 1. The van der Waals surface area contributed by atoms with E-state index in [1.165, 1.54) is 5.01 Å². The molecule has 0 saturated carbocycles. The number of halogens is 1. The van der Waals surface area contributed by atoms with E-state index in [4.69, 9.17) is 20.9 Å². The van der Waals surface area contributed by atoms with Crippen LogP contribution in [0, 0.1) is 0 Å². The summed E-state index contributed by atoms with van der Waals surface area (Å²) in [6.45, 7) is 1.66. The summed E-state index contributed by atoms with van der Waals surface area (Å²) in [7, 11) is 0. The Morgan fingerprint density at radius 1 is 1.19 bits per heavy atom. The number of ether oxygens (including phenoxy) is 1. The largest absolute Gasteiger partial charge is 0.464 e. The molecule has 1 amide bonds. The highest BCUT2D eigenvalue weighted by Crippen LogP contribution is 2.23. The highest BCUT2D eigenvalue weighted by molar-refractivity contribution is 6.30. The minimum absolute atomic E-state index is 0.113. The lowest BCUT2D eigenvalue weighted by molar-refractivity contribution is -0.154. The number of carbonyl (C=O) groups excluding carboxylic acids is 2. The van der Waals surface area contributed by atoms with Crippen LogP contribution in [-0.2, 0) is 16.1 Å². The summed E-state index contributed by atoms with van der Waals surface area (Å²) in [5, 5.41) is 14.1. The molecule has 0 radical (unpaired) electrons. The topological polar surface area (TPSA) is 125 Å². The number of hydrogen-bond donors (Lipinski definition) is 3. The second-order valence-corrected chi connectivity index (χ2v) is 7.31. The molecule has 32 heavy (non-hydrogen) atoms. The molecule has 0 aliphatic heterocycles. The fourth-order valence-electron chi connectivity index (χ4n) is 2.96. The molecule has 3 N–H and O–H groups in total. The summed E-state index contributed by atoms with van der Waals surface area (Å²) in [4.78, 5) is 35.5. The lowest BCUT2D eigenvalue weighted by atomic mass is 10.0. The number of amides is 1. The summed E-state index contributed by atoms with van der Waals surface area (Å²) >= 11 is 6.05. The number of aliphatic hydroxyl groups is 1. The van der Waals surface area contributed by atoms with Gasteiger partial charge in [-0.1, -0.05) is 48.0 Å². The molecule has 0 unspecified atom stereocenters. The Bertz CT molecular complexity index is 1120. The lowest BCUT2D eigenvalue weighted by Gasteiger charge is -2.24. The minimum Gasteiger partial charge on any atom is -0.464 e. The molecule has 0 bridgehead atoms. The maximum Gasteiger partial charge on any atom is 0.336 e. The molecule has 0 spiro atoms. The van der Waals surface area contributed by atoms with Gasteiger partial charge in [0.15, 0.2) is 6.10 Å². The molecule has 168 valence electrons. The smallest absolute Gasteiger partial charge is 0.336 e. The van der Waals surface area contributed by atoms with Crippen LogP contribution in [0.15, 0.2) is 63.9 Å². The molecule has 3 aromatic rings. The molecule has 0 saturated heterocycles. The number of aromatic amines is 1. The van der Waals surface area contributed by atoms with E-state index in [0.717, 1.165) is 22.8 Å². The van der Waals surface area contributed by atoms with Gasteiger partial charge in [0.1, 0.15) is 0 Å². The van der Waals surface area contributed by atoms with Crippen molar-refractivity contribution in [3.05, 3.63) is 81.3 Å². The average molecular weight is 460 g/mol. The zero-order valence-corrected chi connectivity index (χ0v) is 18.0. The lowest BCUT2D eigenvalue weighted by Crippen LogP contribution is -2.47. The third-order valence-corrected chi connectivity index (χ3v) is 4.68. The molecule has 1 heterocycles. The summed E-state index contributed by atoms with van der Waals surface area (Å²) in [6, 6.07) is 15.9. The van der Waals surface area contributed by atoms with Crippen LogP contribution in [0.1, 0.15) is 23.0 Å². The van der Waals surface area contributed by atoms with Gasteiger partial charge in [0.25, 0.3) is 5.56 Å². The van der Waals surface area contributed by atoms with Crippen LogP contribution in [0.2, 0.25) is 5.02 Å². The van der Waals surface area contributed by atoms with E-state index in [0.29, 0.717) is 5.02 Å². The van der Waals surface area contributed by atoms with Crippen LogP contribution >= 0.6 is 11.6 Å². The van der Waals surface area contributed by atoms with Crippen molar-refractivity contribution in [3.8, 4) is 11.1 Å². The van der Waals surface area contributed by atoms with Crippen molar-refractivity contribution in [2.75, 3.05) is 13.2 Å². The van der Waals surface area contributed by atoms with Crippen molar-refractivity contribution in [1.82, 2.24) is 15.6 Å². The predicted molar refractivity (Wildman–Crippen MR) is 117 cm³/mol. The summed E-state index contributed by atoms with van der Waals surface area (Å²) in [5.74, 6) is -1.76. The van der Waals surface area contributed by atoms with E-state index in [1.54, 1.807) is 13.0 Å². The second kappa shape index (κ2) is 10.8. The van der Waals surface area contributed by atoms with E-state index in [2.05, 4.69) is 5.43 Å². The molecule has 0 aliphatic carbocycles. The molecule has 0 aliphatic rings. The van der Waals surface area contributed by atoms with Gasteiger partial charge in [-0.15, -0.1) is 0 Å². The SMILES string of the molecule is CCOC(=O)[C@H](O)CN(Cc1ccc(-c2cccc(Cl)c2)cc1)NC(=O)c1cc(=O)[nH]o1. The summed E-state index contributed by atoms with van der Waals surface area (Å²) in [6.07, 6.45) is -1.49. The molecule has 9 nitrogen and oxygen atoms in total. The third-order valence-electron chi connectivity index (χ3n) is 4.44. The zero-order valence-electron chi connectivity index (χ0n) is 17.2. The van der Waals surface area contributed by atoms with Gasteiger partial charge in [0.05, 0.1) is 19.2 Å². The van der Waals surface area contributed by atoms with Crippen molar-refractivity contribution in [2.24, 2.45) is 0 Å². The minimum atomic E-state index is -1.49. The van der Waals surface area contributed by atoms with Crippen molar-refractivity contribution in [2.45, 2.75) is 19.6 Å². The monoisotopic (exact) mass is 459 g/mol. The maximum absolute atomic E-state index is 12.4. The number of hydrazine groups is 1. The van der Waals surface area contributed by atoms with Crippen molar-refractivity contribution in [1.29, 1.82) is 0 Å². The van der Waals surface area contributed by atoms with Crippen molar-refractivity contribution < 1.29 is 24.0 Å². The summed E-state index contributed by atoms with van der Waals surface area (Å²) in [5.41, 5.74) is 4.67. The molecule has 1 aromatic heterocycles. The number of H-pyrrole nitrogens is 1. The molecular weight excluding hydrogens is 438 g/mol. The number of nitrogens with one attached hydrogen (secondary N) is 2. The Morgan fingerprint density at radius 2 is 1.94 bits per heavy atom. The van der Waals surface area contributed by atoms with Gasteiger partial charge in [-0.05, 0) is 35.7 Å². The van der Waals surface area contributed by atoms with E-state index < -0.39 is 23.5 Å². The summed E-state index contributed by atoms with van der Waals surface area (Å²) < 4.78 is 9.62. The van der Waals surface area contributed by atoms with Crippen LogP contribution in [0.25, 0.3) is 11.1 Å². The number of aromatic nitrogens is 1.